The fourth-order valence-corrected chi connectivity index (χ4v) is 1.52. The molecule has 0 bridgehead atoms. The Balaban J connectivity index is 2.65. The van der Waals surface area contributed by atoms with Crippen LogP contribution in [0.25, 0.3) is 0 Å². The van der Waals surface area contributed by atoms with Crippen LogP contribution in [0.5, 0.6) is 0 Å². The van der Waals surface area contributed by atoms with Crippen LogP contribution in [0, 0.1) is 11.3 Å². The molecule has 0 saturated heterocycles. The standard InChI is InChI=1S/C12H15ClN2/c1-3-12(8-14)15-9(2)10-4-6-11(13)7-5-10/h4-7,9,12,15H,3H2,1-2H3/t9-,12?/m0/s1. The first-order chi connectivity index (χ1) is 7.17. The van der Waals surface area contributed by atoms with Crippen LogP contribution in [0.2, 0.25) is 5.02 Å². The van der Waals surface area contributed by atoms with E-state index in [9.17, 15) is 0 Å². The highest BCUT2D eigenvalue weighted by molar-refractivity contribution is 6.30. The third-order valence-corrected chi connectivity index (χ3v) is 2.64. The van der Waals surface area contributed by atoms with Crippen molar-refractivity contribution in [2.45, 2.75) is 32.4 Å². The van der Waals surface area contributed by atoms with Crippen LogP contribution in [0.1, 0.15) is 31.9 Å². The maximum atomic E-state index is 8.83. The molecule has 0 fully saturated rings. The van der Waals surface area contributed by atoms with Crippen LogP contribution in [0.4, 0.5) is 0 Å². The Bertz CT molecular complexity index is 340. The number of benzene rings is 1. The smallest absolute Gasteiger partial charge is 0.0954 e. The number of hydrogen-bond donors (Lipinski definition) is 1. The van der Waals surface area contributed by atoms with Crippen LogP contribution in [0.15, 0.2) is 24.3 Å². The number of halogens is 1. The van der Waals surface area contributed by atoms with E-state index in [1.165, 1.54) is 0 Å². The molecule has 0 heterocycles. The minimum Gasteiger partial charge on any atom is -0.295 e. The number of nitrogens with one attached hydrogen (secondary N) is 1. The Kier molecular flexibility index (Phi) is 4.61. The molecule has 1 N–H and O–H groups in total. The molecule has 0 radical (unpaired) electrons. The zero-order valence-electron chi connectivity index (χ0n) is 9.00. The van der Waals surface area contributed by atoms with Gasteiger partial charge in [0.15, 0.2) is 0 Å². The maximum Gasteiger partial charge on any atom is 0.0954 e. The number of hydrogen-bond acceptors (Lipinski definition) is 2. The van der Waals surface area contributed by atoms with Crippen molar-refractivity contribution in [1.82, 2.24) is 5.32 Å². The van der Waals surface area contributed by atoms with Crippen LogP contribution in [-0.2, 0) is 0 Å². The third kappa shape index (κ3) is 3.54. The predicted molar refractivity (Wildman–Crippen MR) is 62.7 cm³/mol. The minimum absolute atomic E-state index is 0.0873. The lowest BCUT2D eigenvalue weighted by Gasteiger charge is -2.17. The van der Waals surface area contributed by atoms with Gasteiger partial charge in [-0.15, -0.1) is 0 Å². The van der Waals surface area contributed by atoms with Gasteiger partial charge in [-0.1, -0.05) is 30.7 Å². The van der Waals surface area contributed by atoms with E-state index >= 15 is 0 Å². The lowest BCUT2D eigenvalue weighted by molar-refractivity contribution is 0.508. The molecular weight excluding hydrogens is 208 g/mol. The fourth-order valence-electron chi connectivity index (χ4n) is 1.40. The van der Waals surface area contributed by atoms with Gasteiger partial charge < -0.3 is 0 Å². The SMILES string of the molecule is CCC(C#N)N[C@@H](C)c1ccc(Cl)cc1. The van der Waals surface area contributed by atoms with Crippen molar-refractivity contribution >= 4 is 11.6 Å². The average molecular weight is 223 g/mol. The first-order valence-corrected chi connectivity index (χ1v) is 5.46. The molecule has 2 atom stereocenters. The van der Waals surface area contributed by atoms with E-state index in [4.69, 9.17) is 16.9 Å². The van der Waals surface area contributed by atoms with E-state index in [1.54, 1.807) is 0 Å². The number of nitriles is 1. The summed E-state index contributed by atoms with van der Waals surface area (Å²) in [5.41, 5.74) is 1.15. The molecule has 1 aromatic rings. The van der Waals surface area contributed by atoms with Crippen molar-refractivity contribution in [2.75, 3.05) is 0 Å². The number of nitrogens with zero attached hydrogens (tertiary/aromatic N) is 1. The van der Waals surface area contributed by atoms with E-state index < -0.39 is 0 Å². The van der Waals surface area contributed by atoms with Gasteiger partial charge in [0.2, 0.25) is 0 Å². The van der Waals surface area contributed by atoms with Gasteiger partial charge in [0, 0.05) is 11.1 Å². The molecular formula is C12H15ClN2. The lowest BCUT2D eigenvalue weighted by Crippen LogP contribution is -2.29. The van der Waals surface area contributed by atoms with Crippen molar-refractivity contribution in [2.24, 2.45) is 0 Å². The Morgan fingerprint density at radius 3 is 2.47 bits per heavy atom. The van der Waals surface area contributed by atoms with Crippen LogP contribution < -0.4 is 5.32 Å². The summed E-state index contributed by atoms with van der Waals surface area (Å²) in [5.74, 6) is 0. The van der Waals surface area contributed by atoms with Gasteiger partial charge in [-0.25, -0.2) is 0 Å². The normalized spacial score (nSPS) is 14.3. The third-order valence-electron chi connectivity index (χ3n) is 2.39. The topological polar surface area (TPSA) is 35.8 Å². The summed E-state index contributed by atoms with van der Waals surface area (Å²) in [6, 6.07) is 9.99. The molecule has 0 saturated carbocycles. The number of rotatable bonds is 4. The first kappa shape index (κ1) is 12.0. The lowest BCUT2D eigenvalue weighted by atomic mass is 10.1. The van der Waals surface area contributed by atoms with Gasteiger partial charge in [0.25, 0.3) is 0 Å². The second-order valence-corrected chi connectivity index (χ2v) is 3.97. The highest BCUT2D eigenvalue weighted by Crippen LogP contribution is 2.16. The molecule has 80 valence electrons. The molecule has 0 amide bonds. The second kappa shape index (κ2) is 5.75. The van der Waals surface area contributed by atoms with Gasteiger partial charge in [0.1, 0.15) is 0 Å². The zero-order valence-corrected chi connectivity index (χ0v) is 9.75. The molecule has 2 nitrogen and oxygen atoms in total. The monoisotopic (exact) mass is 222 g/mol. The van der Waals surface area contributed by atoms with E-state index in [1.807, 2.05) is 38.1 Å². The maximum absolute atomic E-state index is 8.83. The van der Waals surface area contributed by atoms with E-state index in [0.29, 0.717) is 0 Å². The highest BCUT2D eigenvalue weighted by Gasteiger charge is 2.10. The van der Waals surface area contributed by atoms with Gasteiger partial charge in [0.05, 0.1) is 12.1 Å². The molecule has 0 aromatic heterocycles. The molecule has 1 unspecified atom stereocenters. The van der Waals surface area contributed by atoms with Crippen LogP contribution in [-0.4, -0.2) is 6.04 Å². The molecule has 1 aromatic carbocycles. The van der Waals surface area contributed by atoms with Crippen LogP contribution in [0.3, 0.4) is 0 Å². The van der Waals surface area contributed by atoms with Gasteiger partial charge in [-0.3, -0.25) is 5.32 Å². The average Bonchev–Trinajstić information content (AvgIpc) is 2.26. The summed E-state index contributed by atoms with van der Waals surface area (Å²) >= 11 is 5.80. The van der Waals surface area contributed by atoms with Crippen molar-refractivity contribution in [3.05, 3.63) is 34.9 Å². The zero-order chi connectivity index (χ0) is 11.3. The largest absolute Gasteiger partial charge is 0.295 e. The fraction of sp³-hybridized carbons (Fsp3) is 0.417. The first-order valence-electron chi connectivity index (χ1n) is 5.08. The van der Waals surface area contributed by atoms with E-state index in [0.717, 1.165) is 17.0 Å². The molecule has 0 aliphatic heterocycles. The molecule has 0 spiro atoms. The Hall–Kier alpha value is -1.04. The van der Waals surface area contributed by atoms with Gasteiger partial charge in [-0.05, 0) is 31.0 Å². The van der Waals surface area contributed by atoms with Crippen molar-refractivity contribution < 1.29 is 0 Å². The highest BCUT2D eigenvalue weighted by atomic mass is 35.5. The summed E-state index contributed by atoms with van der Waals surface area (Å²) in [6.45, 7) is 4.04. The Labute approximate surface area is 95.9 Å². The Morgan fingerprint density at radius 2 is 2.00 bits per heavy atom. The minimum atomic E-state index is -0.0873. The molecule has 0 aliphatic carbocycles. The summed E-state index contributed by atoms with van der Waals surface area (Å²) in [7, 11) is 0. The van der Waals surface area contributed by atoms with Crippen molar-refractivity contribution in [3.63, 3.8) is 0 Å². The van der Waals surface area contributed by atoms with Crippen molar-refractivity contribution in [3.8, 4) is 6.07 Å². The predicted octanol–water partition coefficient (Wildman–Crippen LogP) is 3.29. The summed E-state index contributed by atoms with van der Waals surface area (Å²) in [4.78, 5) is 0. The molecule has 15 heavy (non-hydrogen) atoms. The van der Waals surface area contributed by atoms with E-state index in [-0.39, 0.29) is 12.1 Å². The quantitative estimate of drug-likeness (QED) is 0.849. The van der Waals surface area contributed by atoms with Gasteiger partial charge in [-0.2, -0.15) is 5.26 Å². The molecule has 0 aliphatic rings. The molecule has 1 rings (SSSR count). The Morgan fingerprint density at radius 1 is 1.40 bits per heavy atom. The summed E-state index contributed by atoms with van der Waals surface area (Å²) in [6.07, 6.45) is 0.814. The summed E-state index contributed by atoms with van der Waals surface area (Å²) < 4.78 is 0. The molecule has 3 heteroatoms. The van der Waals surface area contributed by atoms with Crippen molar-refractivity contribution in [1.29, 1.82) is 5.26 Å². The van der Waals surface area contributed by atoms with Crippen LogP contribution >= 0.6 is 11.6 Å². The van der Waals surface area contributed by atoms with Gasteiger partial charge >= 0.3 is 0 Å². The second-order valence-electron chi connectivity index (χ2n) is 3.53. The van der Waals surface area contributed by atoms with E-state index in [2.05, 4.69) is 11.4 Å². The summed E-state index contributed by atoms with van der Waals surface area (Å²) in [5, 5.41) is 12.8.